The van der Waals surface area contributed by atoms with Crippen molar-refractivity contribution in [1.82, 2.24) is 0 Å². The van der Waals surface area contributed by atoms with Gasteiger partial charge in [-0.25, -0.2) is 0 Å². The molecule has 88 valence electrons. The average Bonchev–Trinajstić information content (AvgIpc) is 2.23. The number of hydrogen-bond donors (Lipinski definition) is 2. The van der Waals surface area contributed by atoms with Crippen molar-refractivity contribution in [3.63, 3.8) is 0 Å². The van der Waals surface area contributed by atoms with Crippen LogP contribution in [-0.4, -0.2) is 23.4 Å². The van der Waals surface area contributed by atoms with Crippen LogP contribution in [0.4, 0.5) is 0 Å². The summed E-state index contributed by atoms with van der Waals surface area (Å²) in [5.41, 5.74) is 2.24. The van der Waals surface area contributed by atoms with E-state index in [0.717, 1.165) is 36.8 Å². The van der Waals surface area contributed by atoms with Crippen molar-refractivity contribution in [3.05, 3.63) is 23.7 Å². The highest BCUT2D eigenvalue weighted by Gasteiger charge is 1.91. The maximum atomic E-state index is 8.62. The molecule has 0 aromatic heterocycles. The molecule has 0 saturated heterocycles. The van der Waals surface area contributed by atoms with Gasteiger partial charge in [-0.1, -0.05) is 0 Å². The molecule has 0 aromatic rings. The molecule has 0 aromatic carbocycles. The lowest BCUT2D eigenvalue weighted by molar-refractivity contribution is 0.286. The molecule has 2 N–H and O–H groups in total. The van der Waals surface area contributed by atoms with Gasteiger partial charge < -0.3 is 14.9 Å². The van der Waals surface area contributed by atoms with Gasteiger partial charge in [0.2, 0.25) is 0 Å². The van der Waals surface area contributed by atoms with Crippen molar-refractivity contribution in [2.24, 2.45) is 0 Å². The molecule has 3 heteroatoms. The third kappa shape index (κ3) is 9.50. The predicted octanol–water partition coefficient (Wildman–Crippen LogP) is 2.36. The van der Waals surface area contributed by atoms with Crippen LogP contribution in [0, 0.1) is 0 Å². The zero-order valence-corrected chi connectivity index (χ0v) is 9.70. The van der Waals surface area contributed by atoms with Crippen LogP contribution in [0.3, 0.4) is 0 Å². The van der Waals surface area contributed by atoms with E-state index >= 15 is 0 Å². The van der Waals surface area contributed by atoms with Gasteiger partial charge in [-0.2, -0.15) is 0 Å². The second-order valence-electron chi connectivity index (χ2n) is 3.72. The first-order valence-corrected chi connectivity index (χ1v) is 5.39. The summed E-state index contributed by atoms with van der Waals surface area (Å²) in [6.07, 6.45) is 6.69. The monoisotopic (exact) mass is 214 g/mol. The Kier molecular flexibility index (Phi) is 9.22. The Morgan fingerprint density at radius 3 is 1.67 bits per heavy atom. The van der Waals surface area contributed by atoms with Crippen molar-refractivity contribution >= 4 is 0 Å². The normalized spacial score (nSPS) is 13.1. The van der Waals surface area contributed by atoms with Crippen molar-refractivity contribution in [3.8, 4) is 0 Å². The minimum Gasteiger partial charge on any atom is -0.473 e. The SMILES string of the molecule is CC(=COC=C(C)CCCO)CCCO. The summed E-state index contributed by atoms with van der Waals surface area (Å²) in [5, 5.41) is 17.2. The zero-order valence-electron chi connectivity index (χ0n) is 9.70. The molecule has 0 amide bonds. The number of allylic oxidation sites excluding steroid dienone is 2. The minimum atomic E-state index is 0.219. The van der Waals surface area contributed by atoms with Gasteiger partial charge in [-0.3, -0.25) is 0 Å². The molecule has 0 atom stereocenters. The molecule has 0 aliphatic heterocycles. The maximum absolute atomic E-state index is 8.62. The smallest absolute Gasteiger partial charge is 0.0890 e. The number of ether oxygens (including phenoxy) is 1. The topological polar surface area (TPSA) is 49.7 Å². The molecule has 0 saturated carbocycles. The Balaban J connectivity index is 3.72. The van der Waals surface area contributed by atoms with Gasteiger partial charge in [0.1, 0.15) is 0 Å². The van der Waals surface area contributed by atoms with Gasteiger partial charge in [0.05, 0.1) is 12.5 Å². The van der Waals surface area contributed by atoms with Crippen molar-refractivity contribution < 1.29 is 14.9 Å². The fourth-order valence-corrected chi connectivity index (χ4v) is 1.10. The van der Waals surface area contributed by atoms with Gasteiger partial charge in [0, 0.05) is 13.2 Å². The van der Waals surface area contributed by atoms with Gasteiger partial charge >= 0.3 is 0 Å². The fraction of sp³-hybridized carbons (Fsp3) is 0.667. The second kappa shape index (κ2) is 9.74. The fourth-order valence-electron chi connectivity index (χ4n) is 1.10. The molecule has 0 bridgehead atoms. The Hall–Kier alpha value is -0.800. The third-order valence-electron chi connectivity index (χ3n) is 2.00. The Labute approximate surface area is 92.1 Å². The van der Waals surface area contributed by atoms with E-state index in [0.29, 0.717) is 0 Å². The summed E-state index contributed by atoms with van der Waals surface area (Å²) in [4.78, 5) is 0. The first-order valence-electron chi connectivity index (χ1n) is 5.39. The molecule has 0 aliphatic rings. The quantitative estimate of drug-likeness (QED) is 0.610. The van der Waals surface area contributed by atoms with E-state index in [4.69, 9.17) is 14.9 Å². The van der Waals surface area contributed by atoms with Crippen molar-refractivity contribution in [2.45, 2.75) is 39.5 Å². The Morgan fingerprint density at radius 2 is 1.33 bits per heavy atom. The van der Waals surface area contributed by atoms with E-state index < -0.39 is 0 Å². The molecule has 0 fully saturated rings. The Bertz CT molecular complexity index is 185. The van der Waals surface area contributed by atoms with Crippen LogP contribution >= 0.6 is 0 Å². The predicted molar refractivity (Wildman–Crippen MR) is 61.2 cm³/mol. The van der Waals surface area contributed by atoms with E-state index in [1.807, 2.05) is 13.8 Å². The van der Waals surface area contributed by atoms with Crippen LogP contribution in [0.5, 0.6) is 0 Å². The van der Waals surface area contributed by atoms with Crippen LogP contribution < -0.4 is 0 Å². The molecule has 0 aliphatic carbocycles. The number of hydrogen-bond acceptors (Lipinski definition) is 3. The lowest BCUT2D eigenvalue weighted by Gasteiger charge is -2.01. The molecule has 0 heterocycles. The van der Waals surface area contributed by atoms with Gasteiger partial charge in [-0.15, -0.1) is 0 Å². The lowest BCUT2D eigenvalue weighted by Crippen LogP contribution is -1.86. The average molecular weight is 214 g/mol. The highest BCUT2D eigenvalue weighted by Crippen LogP contribution is 2.06. The molecule has 0 unspecified atom stereocenters. The lowest BCUT2D eigenvalue weighted by atomic mass is 10.2. The van der Waals surface area contributed by atoms with Crippen molar-refractivity contribution in [1.29, 1.82) is 0 Å². The van der Waals surface area contributed by atoms with Crippen LogP contribution in [-0.2, 0) is 4.74 Å². The first-order chi connectivity index (χ1) is 7.20. The summed E-state index contributed by atoms with van der Waals surface area (Å²) in [5.74, 6) is 0. The first kappa shape index (κ1) is 14.2. The highest BCUT2D eigenvalue weighted by atomic mass is 16.5. The molecular formula is C12H22O3. The number of aliphatic hydroxyl groups is 2. The van der Waals surface area contributed by atoms with Crippen LogP contribution in [0.25, 0.3) is 0 Å². The largest absolute Gasteiger partial charge is 0.473 e. The van der Waals surface area contributed by atoms with E-state index in [9.17, 15) is 0 Å². The minimum absolute atomic E-state index is 0.219. The van der Waals surface area contributed by atoms with Gasteiger partial charge in [0.25, 0.3) is 0 Å². The second-order valence-corrected chi connectivity index (χ2v) is 3.72. The van der Waals surface area contributed by atoms with Crippen LogP contribution in [0.15, 0.2) is 23.7 Å². The highest BCUT2D eigenvalue weighted by molar-refractivity contribution is 4.97. The van der Waals surface area contributed by atoms with Gasteiger partial charge in [-0.05, 0) is 50.7 Å². The summed E-state index contributed by atoms with van der Waals surface area (Å²) < 4.78 is 5.26. The molecule has 0 radical (unpaired) electrons. The van der Waals surface area contributed by atoms with E-state index in [-0.39, 0.29) is 13.2 Å². The summed E-state index contributed by atoms with van der Waals surface area (Å²) in [6, 6.07) is 0. The van der Waals surface area contributed by atoms with Gasteiger partial charge in [0.15, 0.2) is 0 Å². The molecule has 15 heavy (non-hydrogen) atoms. The molecular weight excluding hydrogens is 192 g/mol. The molecule has 0 spiro atoms. The van der Waals surface area contributed by atoms with Crippen LogP contribution in [0.2, 0.25) is 0 Å². The molecule has 0 rings (SSSR count). The van der Waals surface area contributed by atoms with E-state index in [2.05, 4.69) is 0 Å². The molecule has 3 nitrogen and oxygen atoms in total. The summed E-state index contributed by atoms with van der Waals surface area (Å²) >= 11 is 0. The van der Waals surface area contributed by atoms with Crippen LogP contribution in [0.1, 0.15) is 39.5 Å². The zero-order chi connectivity index (χ0) is 11.5. The van der Waals surface area contributed by atoms with E-state index in [1.165, 1.54) is 0 Å². The summed E-state index contributed by atoms with van der Waals surface area (Å²) in [7, 11) is 0. The number of aliphatic hydroxyl groups excluding tert-OH is 2. The standard InChI is InChI=1S/C12H22O3/c1-11(5-3-7-13)9-15-10-12(2)6-4-8-14/h9-10,13-14H,3-8H2,1-2H3. The summed E-state index contributed by atoms with van der Waals surface area (Å²) in [6.45, 7) is 4.40. The third-order valence-corrected chi connectivity index (χ3v) is 2.00. The van der Waals surface area contributed by atoms with E-state index in [1.54, 1.807) is 12.5 Å². The van der Waals surface area contributed by atoms with Crippen molar-refractivity contribution in [2.75, 3.05) is 13.2 Å². The number of rotatable bonds is 8. The maximum Gasteiger partial charge on any atom is 0.0890 e. The Morgan fingerprint density at radius 1 is 0.933 bits per heavy atom.